The lowest BCUT2D eigenvalue weighted by molar-refractivity contribution is 1.03. The molecule has 0 aromatic heterocycles. The van der Waals surface area contributed by atoms with E-state index in [-0.39, 0.29) is 0 Å². The lowest BCUT2D eigenvalue weighted by Gasteiger charge is -2.03. The Labute approximate surface area is 91.6 Å². The first-order valence-corrected chi connectivity index (χ1v) is 5.52. The number of benzene rings is 1. The van der Waals surface area contributed by atoms with Crippen LogP contribution in [-0.4, -0.2) is 12.3 Å². The Hall–Kier alpha value is -1.37. The number of hydrogen-bond donors (Lipinski definition) is 0. The van der Waals surface area contributed by atoms with Gasteiger partial charge in [0.15, 0.2) is 0 Å². The first kappa shape index (κ1) is 10.2. The second-order valence-corrected chi connectivity index (χ2v) is 4.16. The molecule has 0 fully saturated rings. The van der Waals surface area contributed by atoms with E-state index in [1.165, 1.54) is 22.3 Å². The molecule has 0 bridgehead atoms. The van der Waals surface area contributed by atoms with Crippen LogP contribution in [0.15, 0.2) is 34.8 Å². The molecule has 0 saturated heterocycles. The van der Waals surface area contributed by atoms with Crippen LogP contribution in [-0.2, 0) is 0 Å². The molecule has 0 N–H and O–H groups in total. The van der Waals surface area contributed by atoms with Crippen LogP contribution in [0.3, 0.4) is 0 Å². The summed E-state index contributed by atoms with van der Waals surface area (Å²) in [5.74, 6) is 0. The molecule has 0 amide bonds. The van der Waals surface area contributed by atoms with Crippen LogP contribution in [0.4, 0.5) is 0 Å². The summed E-state index contributed by atoms with van der Waals surface area (Å²) in [4.78, 5) is 4.55. The van der Waals surface area contributed by atoms with Gasteiger partial charge in [-0.05, 0) is 54.7 Å². The van der Waals surface area contributed by atoms with Crippen LogP contribution in [0.1, 0.15) is 30.0 Å². The molecule has 2 rings (SSSR count). The van der Waals surface area contributed by atoms with E-state index in [1.807, 2.05) is 0 Å². The molecule has 0 unspecified atom stereocenters. The van der Waals surface area contributed by atoms with Gasteiger partial charge in [-0.2, -0.15) is 0 Å². The van der Waals surface area contributed by atoms with Crippen LogP contribution in [0.5, 0.6) is 0 Å². The van der Waals surface area contributed by atoms with Gasteiger partial charge < -0.3 is 0 Å². The van der Waals surface area contributed by atoms with Crippen LogP contribution < -0.4 is 0 Å². The monoisotopic (exact) mass is 199 g/mol. The van der Waals surface area contributed by atoms with Crippen molar-refractivity contribution < 1.29 is 0 Å². The average molecular weight is 199 g/mol. The van der Waals surface area contributed by atoms with E-state index in [0.717, 1.165) is 18.7 Å². The maximum atomic E-state index is 4.55. The van der Waals surface area contributed by atoms with Crippen molar-refractivity contribution in [2.45, 2.75) is 27.2 Å². The zero-order valence-corrected chi connectivity index (χ0v) is 9.67. The van der Waals surface area contributed by atoms with Gasteiger partial charge in [0.05, 0.1) is 12.3 Å². The van der Waals surface area contributed by atoms with Crippen LogP contribution >= 0.6 is 0 Å². The minimum atomic E-state index is 0.888. The highest BCUT2D eigenvalue weighted by Gasteiger charge is 2.09. The third-order valence-corrected chi connectivity index (χ3v) is 3.05. The number of allylic oxidation sites excluding steroid dienone is 1. The summed E-state index contributed by atoms with van der Waals surface area (Å²) in [5.41, 5.74) is 6.52. The zero-order valence-electron chi connectivity index (χ0n) is 9.67. The average Bonchev–Trinajstić information content (AvgIpc) is 2.70. The predicted molar refractivity (Wildman–Crippen MR) is 65.7 cm³/mol. The van der Waals surface area contributed by atoms with E-state index in [2.05, 4.69) is 50.0 Å². The molecular formula is C14H17N. The Morgan fingerprint density at radius 1 is 1.20 bits per heavy atom. The summed E-state index contributed by atoms with van der Waals surface area (Å²) in [6, 6.07) is 6.56. The third kappa shape index (κ3) is 2.01. The lowest BCUT2D eigenvalue weighted by Crippen LogP contribution is -1.95. The summed E-state index contributed by atoms with van der Waals surface area (Å²) in [7, 11) is 0. The summed E-state index contributed by atoms with van der Waals surface area (Å²) >= 11 is 0. The van der Waals surface area contributed by atoms with E-state index < -0.39 is 0 Å². The molecule has 0 spiro atoms. The van der Waals surface area contributed by atoms with Gasteiger partial charge in [0.25, 0.3) is 0 Å². The molecule has 1 heteroatoms. The first-order chi connectivity index (χ1) is 7.20. The molecule has 1 aliphatic rings. The molecule has 0 atom stereocenters. The standard InChI is InChI=1S/C14H17N/c1-4-12-8-14(15-9-12)13-6-5-10(2)11(3)7-13/h5-8H,4,9H2,1-3H3. The van der Waals surface area contributed by atoms with Gasteiger partial charge in [-0.3, -0.25) is 4.99 Å². The number of aliphatic imine (C=N–C) groups is 1. The SMILES string of the molecule is CCC1=CC(c2ccc(C)c(C)c2)=NC1. The molecule has 0 aliphatic carbocycles. The molecule has 1 aromatic carbocycles. The van der Waals surface area contributed by atoms with Gasteiger partial charge >= 0.3 is 0 Å². The second-order valence-electron chi connectivity index (χ2n) is 4.16. The molecule has 1 nitrogen and oxygen atoms in total. The molecule has 15 heavy (non-hydrogen) atoms. The van der Waals surface area contributed by atoms with Gasteiger partial charge in [-0.1, -0.05) is 19.1 Å². The molecule has 0 saturated carbocycles. The number of rotatable bonds is 2. The van der Waals surface area contributed by atoms with Crippen molar-refractivity contribution in [1.82, 2.24) is 0 Å². The van der Waals surface area contributed by atoms with Gasteiger partial charge in [-0.25, -0.2) is 0 Å². The summed E-state index contributed by atoms with van der Waals surface area (Å²) < 4.78 is 0. The minimum Gasteiger partial charge on any atom is -0.280 e. The fourth-order valence-electron chi connectivity index (χ4n) is 1.76. The van der Waals surface area contributed by atoms with Gasteiger partial charge in [0.1, 0.15) is 0 Å². The number of hydrogen-bond acceptors (Lipinski definition) is 1. The molecule has 1 heterocycles. The highest BCUT2D eigenvalue weighted by atomic mass is 14.8. The summed E-state index contributed by atoms with van der Waals surface area (Å²) in [6.45, 7) is 7.37. The number of nitrogens with zero attached hydrogens (tertiary/aromatic N) is 1. The van der Waals surface area contributed by atoms with Crippen molar-refractivity contribution in [2.75, 3.05) is 6.54 Å². The van der Waals surface area contributed by atoms with Crippen molar-refractivity contribution in [3.8, 4) is 0 Å². The van der Waals surface area contributed by atoms with Gasteiger partial charge in [0.2, 0.25) is 0 Å². The first-order valence-electron chi connectivity index (χ1n) is 5.52. The van der Waals surface area contributed by atoms with Crippen molar-refractivity contribution >= 4 is 5.71 Å². The Morgan fingerprint density at radius 2 is 2.00 bits per heavy atom. The highest BCUT2D eigenvalue weighted by Crippen LogP contribution is 2.17. The summed E-state index contributed by atoms with van der Waals surface area (Å²) in [6.07, 6.45) is 3.34. The van der Waals surface area contributed by atoms with Gasteiger partial charge in [-0.15, -0.1) is 0 Å². The van der Waals surface area contributed by atoms with Crippen molar-refractivity contribution in [3.63, 3.8) is 0 Å². The van der Waals surface area contributed by atoms with E-state index in [4.69, 9.17) is 0 Å². The smallest absolute Gasteiger partial charge is 0.0650 e. The quantitative estimate of drug-likeness (QED) is 0.692. The molecule has 1 aromatic rings. The number of aryl methyl sites for hydroxylation is 2. The maximum Gasteiger partial charge on any atom is 0.0650 e. The minimum absolute atomic E-state index is 0.888. The normalized spacial score (nSPS) is 15.1. The molecule has 1 aliphatic heterocycles. The topological polar surface area (TPSA) is 12.4 Å². The highest BCUT2D eigenvalue weighted by molar-refractivity contribution is 6.10. The van der Waals surface area contributed by atoms with E-state index >= 15 is 0 Å². The van der Waals surface area contributed by atoms with Crippen LogP contribution in [0.25, 0.3) is 0 Å². The Balaban J connectivity index is 2.32. The molecule has 0 radical (unpaired) electrons. The van der Waals surface area contributed by atoms with Crippen molar-refractivity contribution in [2.24, 2.45) is 4.99 Å². The Morgan fingerprint density at radius 3 is 2.60 bits per heavy atom. The van der Waals surface area contributed by atoms with E-state index in [0.29, 0.717) is 0 Å². The predicted octanol–water partition coefficient (Wildman–Crippen LogP) is 3.44. The molecule has 78 valence electrons. The largest absolute Gasteiger partial charge is 0.280 e. The third-order valence-electron chi connectivity index (χ3n) is 3.05. The lowest BCUT2D eigenvalue weighted by atomic mass is 10.0. The van der Waals surface area contributed by atoms with Crippen molar-refractivity contribution in [3.05, 3.63) is 46.5 Å². The van der Waals surface area contributed by atoms with E-state index in [9.17, 15) is 0 Å². The van der Waals surface area contributed by atoms with E-state index in [1.54, 1.807) is 0 Å². The Kier molecular flexibility index (Phi) is 2.72. The fourth-order valence-corrected chi connectivity index (χ4v) is 1.76. The van der Waals surface area contributed by atoms with Crippen LogP contribution in [0, 0.1) is 13.8 Å². The second kappa shape index (κ2) is 4.01. The molecular weight excluding hydrogens is 182 g/mol. The Bertz CT molecular complexity index is 439. The van der Waals surface area contributed by atoms with Crippen molar-refractivity contribution in [1.29, 1.82) is 0 Å². The zero-order chi connectivity index (χ0) is 10.8. The fraction of sp³-hybridized carbons (Fsp3) is 0.357. The summed E-state index contributed by atoms with van der Waals surface area (Å²) in [5, 5.41) is 0. The van der Waals surface area contributed by atoms with Crippen LogP contribution in [0.2, 0.25) is 0 Å². The maximum absolute atomic E-state index is 4.55. The van der Waals surface area contributed by atoms with Gasteiger partial charge in [0, 0.05) is 0 Å².